The second kappa shape index (κ2) is 7.12. The molecule has 1 spiro atoms. The van der Waals surface area contributed by atoms with Crippen LogP contribution in [-0.2, 0) is 5.54 Å². The summed E-state index contributed by atoms with van der Waals surface area (Å²) in [6, 6.07) is 26.7. The second-order valence-electron chi connectivity index (χ2n) is 8.45. The molecule has 0 amide bonds. The van der Waals surface area contributed by atoms with Crippen LogP contribution in [0.3, 0.4) is 0 Å². The van der Waals surface area contributed by atoms with E-state index >= 15 is 0 Å². The molecule has 158 valence electrons. The van der Waals surface area contributed by atoms with Gasteiger partial charge in [-0.1, -0.05) is 54.6 Å². The smallest absolute Gasteiger partial charge is 0.165 e. The highest BCUT2D eigenvalue weighted by Gasteiger charge is 2.63. The fourth-order valence-corrected chi connectivity index (χ4v) is 5.81. The topological polar surface area (TPSA) is 69.3 Å². The molecule has 0 unspecified atom stereocenters. The monoisotopic (exact) mass is 421 g/mol. The van der Waals surface area contributed by atoms with Gasteiger partial charge in [0.15, 0.2) is 16.9 Å². The zero-order valence-corrected chi connectivity index (χ0v) is 18.3. The predicted octanol–water partition coefficient (Wildman–Crippen LogP) is 5.04. The third-order valence-electron chi connectivity index (χ3n) is 7.15. The van der Waals surface area contributed by atoms with Crippen molar-refractivity contribution in [3.63, 3.8) is 0 Å². The van der Waals surface area contributed by atoms with Crippen LogP contribution in [0.2, 0.25) is 0 Å². The summed E-state index contributed by atoms with van der Waals surface area (Å²) in [7, 11) is 5.21. The minimum atomic E-state index is -1.24. The van der Waals surface area contributed by atoms with E-state index in [1.807, 2.05) is 49.5 Å². The Balaban J connectivity index is 1.78. The maximum absolute atomic E-state index is 10.4. The van der Waals surface area contributed by atoms with Crippen LogP contribution in [0.1, 0.15) is 29.2 Å². The van der Waals surface area contributed by atoms with E-state index in [1.165, 1.54) is 0 Å². The van der Waals surface area contributed by atoms with Crippen molar-refractivity contribution in [2.45, 2.75) is 18.0 Å². The van der Waals surface area contributed by atoms with Gasteiger partial charge in [-0.15, -0.1) is 0 Å². The molecule has 1 heterocycles. The molecule has 0 saturated carbocycles. The summed E-state index contributed by atoms with van der Waals surface area (Å²) < 4.78 is 10.9. The number of hydrogen-bond donors (Lipinski definition) is 0. The number of fused-ring (bicyclic) bond motifs is 5. The normalized spacial score (nSPS) is 19.6. The summed E-state index contributed by atoms with van der Waals surface area (Å²) in [6.07, 6.45) is 0.385. The van der Waals surface area contributed by atoms with Crippen LogP contribution in [0, 0.1) is 28.1 Å². The Morgan fingerprint density at radius 1 is 0.844 bits per heavy atom. The molecular formula is C27H23N3O2. The first kappa shape index (κ1) is 20.1. The third kappa shape index (κ3) is 2.40. The number of nitrogens with zero attached hydrogens (tertiary/aromatic N) is 3. The van der Waals surface area contributed by atoms with Crippen LogP contribution in [0.5, 0.6) is 11.5 Å². The molecule has 1 fully saturated rings. The van der Waals surface area contributed by atoms with Gasteiger partial charge in [-0.25, -0.2) is 0 Å². The van der Waals surface area contributed by atoms with Crippen LogP contribution < -0.4 is 9.47 Å². The maximum atomic E-state index is 10.4. The zero-order chi connectivity index (χ0) is 22.5. The van der Waals surface area contributed by atoms with Crippen LogP contribution in [-0.4, -0.2) is 26.2 Å². The molecule has 0 radical (unpaired) electrons. The number of hydrogen-bond acceptors (Lipinski definition) is 5. The average Bonchev–Trinajstić information content (AvgIpc) is 3.29. The molecule has 3 aromatic carbocycles. The molecule has 0 N–H and O–H groups in total. The molecule has 5 nitrogen and oxygen atoms in total. The Bertz CT molecular complexity index is 1240. The van der Waals surface area contributed by atoms with Gasteiger partial charge in [-0.05, 0) is 47.0 Å². The van der Waals surface area contributed by atoms with Gasteiger partial charge in [0.2, 0.25) is 0 Å². The number of rotatable bonds is 3. The first-order valence-electron chi connectivity index (χ1n) is 10.5. The Morgan fingerprint density at radius 2 is 1.41 bits per heavy atom. The van der Waals surface area contributed by atoms with Crippen molar-refractivity contribution in [3.05, 3.63) is 83.4 Å². The van der Waals surface area contributed by atoms with Gasteiger partial charge in [0.25, 0.3) is 0 Å². The van der Waals surface area contributed by atoms with E-state index in [-0.39, 0.29) is 0 Å². The minimum Gasteiger partial charge on any atom is -0.493 e. The highest BCUT2D eigenvalue weighted by atomic mass is 16.5. The largest absolute Gasteiger partial charge is 0.493 e. The Hall–Kier alpha value is -3.80. The van der Waals surface area contributed by atoms with Gasteiger partial charge in [0.05, 0.1) is 37.9 Å². The SMILES string of the molecule is COc1ccc([C@H]2N(C)C3(CC2(C#N)C#N)c2ccccc2-c2ccccc23)cc1OC. The Labute approximate surface area is 188 Å². The first-order chi connectivity index (χ1) is 15.6. The van der Waals surface area contributed by atoms with Crippen molar-refractivity contribution in [1.29, 1.82) is 10.5 Å². The molecule has 32 heavy (non-hydrogen) atoms. The van der Waals surface area contributed by atoms with Crippen LogP contribution in [0.4, 0.5) is 0 Å². The number of benzene rings is 3. The van der Waals surface area contributed by atoms with E-state index in [9.17, 15) is 10.5 Å². The van der Waals surface area contributed by atoms with Crippen LogP contribution >= 0.6 is 0 Å². The Morgan fingerprint density at radius 3 is 1.94 bits per heavy atom. The van der Waals surface area contributed by atoms with Crippen molar-refractivity contribution in [1.82, 2.24) is 4.90 Å². The summed E-state index contributed by atoms with van der Waals surface area (Å²) >= 11 is 0. The molecule has 1 atom stereocenters. The number of likely N-dealkylation sites (tertiary alicyclic amines) is 1. The van der Waals surface area contributed by atoms with Crippen LogP contribution in [0.15, 0.2) is 66.7 Å². The Kier molecular flexibility index (Phi) is 4.48. The fourth-order valence-electron chi connectivity index (χ4n) is 5.81. The zero-order valence-electron chi connectivity index (χ0n) is 18.3. The lowest BCUT2D eigenvalue weighted by atomic mass is 9.74. The quantitative estimate of drug-likeness (QED) is 0.593. The van der Waals surface area contributed by atoms with E-state index < -0.39 is 17.0 Å². The summed E-state index contributed by atoms with van der Waals surface area (Å²) in [5.41, 5.74) is 3.64. The van der Waals surface area contributed by atoms with Gasteiger partial charge < -0.3 is 9.47 Å². The first-order valence-corrected chi connectivity index (χ1v) is 10.5. The van der Waals surface area contributed by atoms with Gasteiger partial charge in [-0.3, -0.25) is 4.90 Å². The van der Waals surface area contributed by atoms with Gasteiger partial charge in [0, 0.05) is 6.42 Å². The highest BCUT2D eigenvalue weighted by Crippen LogP contribution is 2.64. The van der Waals surface area contributed by atoms with E-state index in [1.54, 1.807) is 14.2 Å². The number of methoxy groups -OCH3 is 2. The van der Waals surface area contributed by atoms with E-state index in [0.29, 0.717) is 17.9 Å². The van der Waals surface area contributed by atoms with E-state index in [0.717, 1.165) is 27.8 Å². The third-order valence-corrected chi connectivity index (χ3v) is 7.15. The van der Waals surface area contributed by atoms with Crippen LogP contribution in [0.25, 0.3) is 11.1 Å². The van der Waals surface area contributed by atoms with Crippen molar-refractivity contribution in [2.75, 3.05) is 21.3 Å². The molecule has 1 saturated heterocycles. The lowest BCUT2D eigenvalue weighted by molar-refractivity contribution is 0.167. The fraction of sp³-hybridized carbons (Fsp3) is 0.259. The minimum absolute atomic E-state index is 0.385. The molecular weight excluding hydrogens is 398 g/mol. The molecule has 3 aromatic rings. The summed E-state index contributed by atoms with van der Waals surface area (Å²) in [5, 5.41) is 20.8. The molecule has 2 aliphatic rings. The second-order valence-corrected chi connectivity index (χ2v) is 8.45. The summed E-state index contributed by atoms with van der Waals surface area (Å²) in [6.45, 7) is 0. The molecule has 0 bridgehead atoms. The molecule has 5 rings (SSSR count). The van der Waals surface area contributed by atoms with Crippen molar-refractivity contribution >= 4 is 0 Å². The molecule has 1 aliphatic carbocycles. The van der Waals surface area contributed by atoms with E-state index in [4.69, 9.17) is 9.47 Å². The number of nitriles is 2. The lowest BCUT2D eigenvalue weighted by Gasteiger charge is -2.37. The van der Waals surface area contributed by atoms with Gasteiger partial charge in [-0.2, -0.15) is 10.5 Å². The number of ether oxygens (including phenoxy) is 2. The van der Waals surface area contributed by atoms with Crippen molar-refractivity contribution in [2.24, 2.45) is 5.41 Å². The molecule has 1 aliphatic heterocycles. The highest BCUT2D eigenvalue weighted by molar-refractivity contribution is 5.81. The van der Waals surface area contributed by atoms with Gasteiger partial charge >= 0.3 is 0 Å². The molecule has 0 aromatic heterocycles. The van der Waals surface area contributed by atoms with Crippen molar-refractivity contribution < 1.29 is 9.47 Å². The lowest BCUT2D eigenvalue weighted by Crippen LogP contribution is -2.39. The average molecular weight is 422 g/mol. The van der Waals surface area contributed by atoms with Crippen molar-refractivity contribution in [3.8, 4) is 34.8 Å². The predicted molar refractivity (Wildman–Crippen MR) is 121 cm³/mol. The summed E-state index contributed by atoms with van der Waals surface area (Å²) in [4.78, 5) is 2.21. The maximum Gasteiger partial charge on any atom is 0.165 e. The van der Waals surface area contributed by atoms with E-state index in [2.05, 4.69) is 41.3 Å². The van der Waals surface area contributed by atoms with Gasteiger partial charge in [0.1, 0.15) is 0 Å². The standard InChI is InChI=1S/C27H23N3O2/c1-30-25(18-12-13-23(31-2)24(14-18)32-3)26(16-28,17-29)15-27(30)21-10-6-4-8-19(21)20-9-5-7-11-22(20)27/h4-14,25H,15H2,1-3H3/t25-/m1/s1. The molecule has 5 heteroatoms. The summed E-state index contributed by atoms with van der Waals surface area (Å²) in [5.74, 6) is 1.19.